The Morgan fingerprint density at radius 2 is 2.00 bits per heavy atom. The van der Waals surface area contributed by atoms with Crippen molar-refractivity contribution in [1.82, 2.24) is 29.7 Å². The zero-order valence-electron chi connectivity index (χ0n) is 16.2. The lowest BCUT2D eigenvalue weighted by Gasteiger charge is -2.35. The van der Waals surface area contributed by atoms with Gasteiger partial charge in [-0.3, -0.25) is 9.78 Å². The first-order valence-electron chi connectivity index (χ1n) is 9.61. The number of pyridine rings is 1. The highest BCUT2D eigenvalue weighted by molar-refractivity contribution is 7.08. The van der Waals surface area contributed by atoms with Crippen LogP contribution in [0, 0.1) is 0 Å². The van der Waals surface area contributed by atoms with Gasteiger partial charge in [0.15, 0.2) is 11.6 Å². The lowest BCUT2D eigenvalue weighted by molar-refractivity contribution is 0.0750. The molecule has 0 spiro atoms. The second-order valence-electron chi connectivity index (χ2n) is 6.72. The van der Waals surface area contributed by atoms with Crippen LogP contribution in [0.3, 0.4) is 0 Å². The van der Waals surface area contributed by atoms with Crippen LogP contribution in [0.2, 0.25) is 0 Å². The highest BCUT2D eigenvalue weighted by atomic mass is 32.1. The number of hydrogen-bond donors (Lipinski definition) is 1. The molecule has 150 valence electrons. The number of nitrogens with one attached hydrogen (secondary N) is 1. The van der Waals surface area contributed by atoms with E-state index in [9.17, 15) is 4.79 Å². The van der Waals surface area contributed by atoms with E-state index in [1.54, 1.807) is 12.4 Å². The van der Waals surface area contributed by atoms with E-state index in [1.807, 2.05) is 29.2 Å². The van der Waals surface area contributed by atoms with Crippen LogP contribution in [-0.2, 0) is 6.42 Å². The van der Waals surface area contributed by atoms with Gasteiger partial charge in [-0.15, -0.1) is 15.3 Å². The van der Waals surface area contributed by atoms with Gasteiger partial charge in [0.1, 0.15) is 4.88 Å². The van der Waals surface area contributed by atoms with E-state index in [2.05, 4.69) is 41.9 Å². The summed E-state index contributed by atoms with van der Waals surface area (Å²) >= 11 is 1.19. The Morgan fingerprint density at radius 3 is 2.69 bits per heavy atom. The summed E-state index contributed by atoms with van der Waals surface area (Å²) < 4.78 is 3.96. The molecule has 0 unspecified atom stereocenters. The summed E-state index contributed by atoms with van der Waals surface area (Å²) in [6.07, 6.45) is 5.19. The summed E-state index contributed by atoms with van der Waals surface area (Å²) in [5.41, 5.74) is 1.68. The van der Waals surface area contributed by atoms with Crippen LogP contribution in [-0.4, -0.2) is 61.8 Å². The summed E-state index contributed by atoms with van der Waals surface area (Å²) in [5.74, 6) is 1.50. The predicted molar refractivity (Wildman–Crippen MR) is 112 cm³/mol. The summed E-state index contributed by atoms with van der Waals surface area (Å²) in [5, 5.41) is 15.9. The number of aromatic nitrogens is 5. The summed E-state index contributed by atoms with van der Waals surface area (Å²) in [7, 11) is 0. The van der Waals surface area contributed by atoms with E-state index in [-0.39, 0.29) is 5.91 Å². The Hall–Kier alpha value is -3.14. The van der Waals surface area contributed by atoms with Gasteiger partial charge in [-0.1, -0.05) is 17.8 Å². The molecule has 10 heteroatoms. The van der Waals surface area contributed by atoms with Crippen LogP contribution in [0.1, 0.15) is 28.7 Å². The highest BCUT2D eigenvalue weighted by Crippen LogP contribution is 2.20. The molecule has 0 atom stereocenters. The molecule has 1 aliphatic heterocycles. The molecule has 29 heavy (non-hydrogen) atoms. The van der Waals surface area contributed by atoms with Crippen molar-refractivity contribution in [3.8, 4) is 0 Å². The van der Waals surface area contributed by atoms with Gasteiger partial charge in [0.25, 0.3) is 5.91 Å². The molecule has 4 heterocycles. The topological polar surface area (TPSA) is 100 Å². The third-order valence-corrected chi connectivity index (χ3v) is 5.47. The van der Waals surface area contributed by atoms with Gasteiger partial charge in [-0.05, 0) is 42.2 Å². The van der Waals surface area contributed by atoms with Gasteiger partial charge in [-0.2, -0.15) is 0 Å². The van der Waals surface area contributed by atoms with Crippen molar-refractivity contribution in [2.24, 2.45) is 0 Å². The Labute approximate surface area is 173 Å². The number of carbonyl (C=O) groups is 1. The Morgan fingerprint density at radius 1 is 1.14 bits per heavy atom. The van der Waals surface area contributed by atoms with Crippen LogP contribution in [0.4, 0.5) is 17.3 Å². The van der Waals surface area contributed by atoms with Gasteiger partial charge in [0.2, 0.25) is 0 Å². The quantitative estimate of drug-likeness (QED) is 0.661. The van der Waals surface area contributed by atoms with Gasteiger partial charge in [-0.25, -0.2) is 0 Å². The maximum absolute atomic E-state index is 12.8. The fourth-order valence-electron chi connectivity index (χ4n) is 3.20. The number of anilines is 3. The molecular weight excluding hydrogens is 388 g/mol. The third-order valence-electron chi connectivity index (χ3n) is 4.71. The minimum Gasteiger partial charge on any atom is -0.352 e. The number of aryl methyl sites for hydroxylation is 1. The van der Waals surface area contributed by atoms with Crippen molar-refractivity contribution in [1.29, 1.82) is 0 Å². The molecule has 1 fully saturated rings. The molecule has 1 aliphatic rings. The average Bonchev–Trinajstić information content (AvgIpc) is 3.23. The molecule has 0 radical (unpaired) electrons. The number of carbonyl (C=O) groups excluding carboxylic acids is 1. The van der Waals surface area contributed by atoms with Gasteiger partial charge in [0.05, 0.1) is 17.6 Å². The molecule has 1 N–H and O–H groups in total. The first kappa shape index (κ1) is 19.2. The van der Waals surface area contributed by atoms with Gasteiger partial charge >= 0.3 is 0 Å². The molecule has 9 nitrogen and oxygen atoms in total. The number of nitrogens with zero attached hydrogens (tertiary/aromatic N) is 7. The molecule has 3 aromatic rings. The zero-order valence-corrected chi connectivity index (χ0v) is 17.0. The van der Waals surface area contributed by atoms with Crippen molar-refractivity contribution in [3.05, 3.63) is 47.2 Å². The molecule has 0 saturated carbocycles. The molecule has 0 aliphatic carbocycles. The van der Waals surface area contributed by atoms with Crippen LogP contribution < -0.4 is 10.2 Å². The third kappa shape index (κ3) is 4.48. The molecular formula is C19H22N8OS. The first-order chi connectivity index (χ1) is 14.2. The van der Waals surface area contributed by atoms with Crippen LogP contribution >= 0.6 is 11.5 Å². The van der Waals surface area contributed by atoms with E-state index < -0.39 is 0 Å². The number of amides is 1. The van der Waals surface area contributed by atoms with Crippen molar-refractivity contribution in [2.75, 3.05) is 36.4 Å². The SMILES string of the molecule is CCCc1nnsc1C(=O)N1CCN(c2ccc(Nc3cccnc3)nn2)CC1. The molecule has 1 saturated heterocycles. The number of rotatable bonds is 6. The van der Waals surface area contributed by atoms with Crippen molar-refractivity contribution < 1.29 is 4.79 Å². The van der Waals surface area contributed by atoms with E-state index in [0.29, 0.717) is 36.9 Å². The van der Waals surface area contributed by atoms with Gasteiger partial charge in [0, 0.05) is 32.4 Å². The highest BCUT2D eigenvalue weighted by Gasteiger charge is 2.26. The minimum atomic E-state index is 0.0326. The smallest absolute Gasteiger partial charge is 0.267 e. The second-order valence-corrected chi connectivity index (χ2v) is 7.48. The molecule has 4 rings (SSSR count). The van der Waals surface area contributed by atoms with Crippen LogP contribution in [0.5, 0.6) is 0 Å². The monoisotopic (exact) mass is 410 g/mol. The van der Waals surface area contributed by atoms with Gasteiger partial charge < -0.3 is 15.1 Å². The van der Waals surface area contributed by atoms with Crippen LogP contribution in [0.15, 0.2) is 36.7 Å². The fraction of sp³-hybridized carbons (Fsp3) is 0.368. The fourth-order valence-corrected chi connectivity index (χ4v) is 3.88. The van der Waals surface area contributed by atoms with Crippen molar-refractivity contribution in [3.63, 3.8) is 0 Å². The predicted octanol–water partition coefficient (Wildman–Crippen LogP) is 2.38. The Bertz CT molecular complexity index is 938. The molecule has 3 aromatic heterocycles. The largest absolute Gasteiger partial charge is 0.352 e. The van der Waals surface area contributed by atoms with Crippen LogP contribution in [0.25, 0.3) is 0 Å². The van der Waals surface area contributed by atoms with E-state index in [4.69, 9.17) is 0 Å². The molecule has 0 bridgehead atoms. The number of hydrogen-bond acceptors (Lipinski definition) is 9. The Balaban J connectivity index is 1.34. The van der Waals surface area contributed by atoms with E-state index in [0.717, 1.165) is 30.0 Å². The molecule has 1 amide bonds. The minimum absolute atomic E-state index is 0.0326. The summed E-state index contributed by atoms with van der Waals surface area (Å²) in [6.45, 7) is 4.78. The summed E-state index contributed by atoms with van der Waals surface area (Å²) in [6, 6.07) is 7.62. The normalized spacial score (nSPS) is 14.1. The zero-order chi connectivity index (χ0) is 20.1. The van der Waals surface area contributed by atoms with Crippen molar-refractivity contribution >= 4 is 34.8 Å². The summed E-state index contributed by atoms with van der Waals surface area (Å²) in [4.78, 5) is 21.6. The maximum atomic E-state index is 12.8. The lowest BCUT2D eigenvalue weighted by atomic mass is 10.2. The van der Waals surface area contributed by atoms with E-state index in [1.165, 1.54) is 11.5 Å². The number of piperazine rings is 1. The van der Waals surface area contributed by atoms with E-state index >= 15 is 0 Å². The standard InChI is InChI=1S/C19H22N8OS/c1-2-4-15-18(29-25-22-15)19(28)27-11-9-26(10-12-27)17-7-6-16(23-24-17)21-14-5-3-8-20-13-14/h3,5-8,13H,2,4,9-12H2,1H3,(H,21,23). The average molecular weight is 411 g/mol. The first-order valence-corrected chi connectivity index (χ1v) is 10.4. The maximum Gasteiger partial charge on any atom is 0.267 e. The molecule has 0 aromatic carbocycles. The Kier molecular flexibility index (Phi) is 5.89. The lowest BCUT2D eigenvalue weighted by Crippen LogP contribution is -2.49. The van der Waals surface area contributed by atoms with Crippen molar-refractivity contribution in [2.45, 2.75) is 19.8 Å². The second kappa shape index (κ2) is 8.91.